The molecule has 0 aromatic heterocycles. The molecular formula is C59H110NO7+. The van der Waals surface area contributed by atoms with Crippen molar-refractivity contribution in [2.75, 3.05) is 41.0 Å². The molecule has 0 heterocycles. The molecule has 67 heavy (non-hydrogen) atoms. The summed E-state index contributed by atoms with van der Waals surface area (Å²) in [5.41, 5.74) is 0. The highest BCUT2D eigenvalue weighted by Crippen LogP contribution is 2.17. The molecule has 0 spiro atoms. The van der Waals surface area contributed by atoms with E-state index in [4.69, 9.17) is 14.2 Å². The smallest absolute Gasteiger partial charge is 0.362 e. The molecule has 8 nitrogen and oxygen atoms in total. The van der Waals surface area contributed by atoms with E-state index in [2.05, 4.69) is 50.3 Å². The molecule has 0 aliphatic rings. The zero-order valence-corrected chi connectivity index (χ0v) is 44.9. The molecule has 0 amide bonds. The largest absolute Gasteiger partial charge is 0.477 e. The number of likely N-dealkylation sites (N-methyl/N-ethyl adjacent to an activating group) is 1. The maximum absolute atomic E-state index is 12.8. The number of aliphatic carboxylic acids is 1. The number of carbonyl (C=O) groups is 3. The van der Waals surface area contributed by atoms with E-state index in [0.29, 0.717) is 19.3 Å². The van der Waals surface area contributed by atoms with Crippen LogP contribution < -0.4 is 0 Å². The molecule has 8 heteroatoms. The summed E-state index contributed by atoms with van der Waals surface area (Å²) >= 11 is 0. The summed E-state index contributed by atoms with van der Waals surface area (Å²) in [5, 5.41) is 9.68. The number of carboxylic acids is 1. The molecule has 392 valence electrons. The topological polar surface area (TPSA) is 99.1 Å². The van der Waals surface area contributed by atoms with Crippen molar-refractivity contribution >= 4 is 17.9 Å². The number of allylic oxidation sites excluding steroid dienone is 6. The van der Waals surface area contributed by atoms with E-state index in [1.54, 1.807) is 0 Å². The third kappa shape index (κ3) is 48.4. The van der Waals surface area contributed by atoms with Gasteiger partial charge in [-0.3, -0.25) is 9.59 Å². The fourth-order valence-electron chi connectivity index (χ4n) is 8.70. The Morgan fingerprint density at radius 1 is 0.463 bits per heavy atom. The minimum atomic E-state index is -0.872. The van der Waals surface area contributed by atoms with Crippen LogP contribution in [0.4, 0.5) is 0 Å². The molecule has 0 saturated carbocycles. The number of quaternary nitrogens is 1. The van der Waals surface area contributed by atoms with Gasteiger partial charge in [0.25, 0.3) is 0 Å². The van der Waals surface area contributed by atoms with E-state index in [1.807, 2.05) is 21.1 Å². The van der Waals surface area contributed by atoms with Gasteiger partial charge in [-0.2, -0.15) is 0 Å². The maximum atomic E-state index is 12.8. The average Bonchev–Trinajstić information content (AvgIpc) is 3.29. The van der Waals surface area contributed by atoms with Gasteiger partial charge in [0.05, 0.1) is 34.4 Å². The van der Waals surface area contributed by atoms with Gasteiger partial charge in [-0.15, -0.1) is 0 Å². The Morgan fingerprint density at radius 3 is 1.24 bits per heavy atom. The van der Waals surface area contributed by atoms with E-state index < -0.39 is 18.1 Å². The number of carboxylic acid groups (broad SMARTS) is 1. The van der Waals surface area contributed by atoms with Crippen molar-refractivity contribution in [2.24, 2.45) is 0 Å². The van der Waals surface area contributed by atoms with Crippen LogP contribution in [-0.2, 0) is 28.6 Å². The highest BCUT2D eigenvalue weighted by molar-refractivity contribution is 5.72. The van der Waals surface area contributed by atoms with Gasteiger partial charge in [0.2, 0.25) is 0 Å². The molecule has 0 aromatic rings. The summed E-state index contributed by atoms with van der Waals surface area (Å²) in [6.45, 7) is 4.68. The number of unbranched alkanes of at least 4 members (excludes halogenated alkanes) is 32. The van der Waals surface area contributed by atoms with Crippen molar-refractivity contribution in [3.8, 4) is 0 Å². The summed E-state index contributed by atoms with van der Waals surface area (Å²) in [6, 6.07) is -0.614. The van der Waals surface area contributed by atoms with Crippen LogP contribution in [0, 0.1) is 0 Å². The van der Waals surface area contributed by atoms with Gasteiger partial charge >= 0.3 is 17.9 Å². The molecule has 0 bridgehead atoms. The number of hydrogen-bond donors (Lipinski definition) is 1. The number of ether oxygens (including phenoxy) is 3. The molecule has 2 atom stereocenters. The SMILES string of the molecule is CC/C=C/C/C=C/C/C=C/CCCCCCCCCCCCCC(=O)OC(COCCC(C(=O)O)[N+](C)(C)C)COC(=O)CCCCCCCCCCCCCCCCCCCCCCCC. The van der Waals surface area contributed by atoms with Gasteiger partial charge in [-0.25, -0.2) is 4.79 Å². The number of carbonyl (C=O) groups excluding carboxylic acids is 2. The zero-order valence-electron chi connectivity index (χ0n) is 44.9. The predicted molar refractivity (Wildman–Crippen MR) is 285 cm³/mol. The van der Waals surface area contributed by atoms with Crippen molar-refractivity contribution in [2.45, 2.75) is 283 Å². The van der Waals surface area contributed by atoms with E-state index in [0.717, 1.165) is 57.8 Å². The van der Waals surface area contributed by atoms with Crippen molar-refractivity contribution in [1.82, 2.24) is 0 Å². The van der Waals surface area contributed by atoms with Crippen molar-refractivity contribution < 1.29 is 38.2 Å². The molecule has 0 saturated heterocycles. The Balaban J connectivity index is 4.14. The Bertz CT molecular complexity index is 1190. The Hall–Kier alpha value is -2.45. The fourth-order valence-corrected chi connectivity index (χ4v) is 8.70. The summed E-state index contributed by atoms with van der Waals surface area (Å²) < 4.78 is 17.4. The summed E-state index contributed by atoms with van der Waals surface area (Å²) in [6.07, 6.45) is 60.6. The zero-order chi connectivity index (χ0) is 49.2. The highest BCUT2D eigenvalue weighted by Gasteiger charge is 2.31. The van der Waals surface area contributed by atoms with Crippen molar-refractivity contribution in [3.63, 3.8) is 0 Å². The Morgan fingerprint density at radius 2 is 0.836 bits per heavy atom. The summed E-state index contributed by atoms with van der Waals surface area (Å²) in [4.78, 5) is 37.3. The van der Waals surface area contributed by atoms with Crippen molar-refractivity contribution in [1.29, 1.82) is 0 Å². The first-order valence-electron chi connectivity index (χ1n) is 28.5. The van der Waals surface area contributed by atoms with Gasteiger partial charge in [0, 0.05) is 19.3 Å². The molecule has 0 aliphatic heterocycles. The standard InChI is InChI=1S/C59H109NO7/c1-6-8-10-12-14-16-18-20-22-24-26-28-30-31-33-35-37-39-41-43-45-47-49-57(61)66-54-55(53-65-52-51-56(59(63)64)60(3,4)5)67-58(62)50-48-46-44-42-40-38-36-34-32-29-27-25-23-21-19-17-15-13-11-9-7-2/h9,11,15,17,21,23,55-56H,6-8,10,12-14,16,18-20,22,24-54H2,1-5H3/p+1/b11-9+,17-15+,23-21+. The first kappa shape index (κ1) is 64.5. The quantitative estimate of drug-likeness (QED) is 0.0281. The second kappa shape index (κ2) is 50.0. The predicted octanol–water partition coefficient (Wildman–Crippen LogP) is 16.9. The number of rotatable bonds is 52. The van der Waals surface area contributed by atoms with Gasteiger partial charge in [0.15, 0.2) is 12.1 Å². The lowest BCUT2D eigenvalue weighted by molar-refractivity contribution is -0.887. The second-order valence-electron chi connectivity index (χ2n) is 20.5. The lowest BCUT2D eigenvalue weighted by Gasteiger charge is -2.31. The number of nitrogens with zero attached hydrogens (tertiary/aromatic N) is 1. The fraction of sp³-hybridized carbons (Fsp3) is 0.847. The van der Waals surface area contributed by atoms with Crippen LogP contribution >= 0.6 is 0 Å². The van der Waals surface area contributed by atoms with Crippen LogP contribution in [0.5, 0.6) is 0 Å². The first-order chi connectivity index (χ1) is 32.6. The summed E-state index contributed by atoms with van der Waals surface area (Å²) in [5.74, 6) is -1.45. The van der Waals surface area contributed by atoms with Gasteiger partial charge in [-0.1, -0.05) is 243 Å². The van der Waals surface area contributed by atoms with E-state index >= 15 is 0 Å². The van der Waals surface area contributed by atoms with Gasteiger partial charge in [-0.05, 0) is 44.9 Å². The number of esters is 2. The minimum absolute atomic E-state index is 0.0476. The summed E-state index contributed by atoms with van der Waals surface area (Å²) in [7, 11) is 5.55. The van der Waals surface area contributed by atoms with Crippen LogP contribution in [0.15, 0.2) is 36.5 Å². The maximum Gasteiger partial charge on any atom is 0.362 e. The molecule has 0 radical (unpaired) electrons. The highest BCUT2D eigenvalue weighted by atomic mass is 16.6. The molecule has 0 fully saturated rings. The molecule has 0 rings (SSSR count). The first-order valence-corrected chi connectivity index (χ1v) is 28.5. The normalized spacial score (nSPS) is 13.0. The number of hydrogen-bond acceptors (Lipinski definition) is 6. The lowest BCUT2D eigenvalue weighted by atomic mass is 10.0. The average molecular weight is 946 g/mol. The van der Waals surface area contributed by atoms with Gasteiger partial charge in [0.1, 0.15) is 6.61 Å². The second-order valence-corrected chi connectivity index (χ2v) is 20.5. The third-order valence-corrected chi connectivity index (χ3v) is 13.1. The van der Waals surface area contributed by atoms with E-state index in [1.165, 1.54) is 180 Å². The van der Waals surface area contributed by atoms with Crippen LogP contribution in [-0.4, -0.2) is 80.6 Å². The monoisotopic (exact) mass is 945 g/mol. The van der Waals surface area contributed by atoms with Crippen LogP contribution in [0.2, 0.25) is 0 Å². The Labute approximate surface area is 414 Å². The van der Waals surface area contributed by atoms with E-state index in [-0.39, 0.29) is 36.2 Å². The van der Waals surface area contributed by atoms with Crippen LogP contribution in [0.25, 0.3) is 0 Å². The molecule has 1 N–H and O–H groups in total. The van der Waals surface area contributed by atoms with Crippen LogP contribution in [0.3, 0.4) is 0 Å². The third-order valence-electron chi connectivity index (χ3n) is 13.1. The van der Waals surface area contributed by atoms with Crippen LogP contribution in [0.1, 0.15) is 271 Å². The molecule has 0 aliphatic carbocycles. The minimum Gasteiger partial charge on any atom is -0.477 e. The van der Waals surface area contributed by atoms with Crippen molar-refractivity contribution in [3.05, 3.63) is 36.5 Å². The lowest BCUT2D eigenvalue weighted by Crippen LogP contribution is -2.50. The Kier molecular flexibility index (Phi) is 48.1. The molecule has 2 unspecified atom stereocenters. The van der Waals surface area contributed by atoms with Gasteiger partial charge < -0.3 is 23.8 Å². The molecular weight excluding hydrogens is 835 g/mol. The molecule has 0 aromatic carbocycles. The van der Waals surface area contributed by atoms with E-state index in [9.17, 15) is 19.5 Å².